The molecule has 2 heterocycles. The first-order valence-corrected chi connectivity index (χ1v) is 8.38. The fourth-order valence-corrected chi connectivity index (χ4v) is 2.81. The van der Waals surface area contributed by atoms with E-state index in [-0.39, 0.29) is 23.5 Å². The van der Waals surface area contributed by atoms with Gasteiger partial charge in [-0.3, -0.25) is 14.3 Å². The molecule has 1 amide bonds. The van der Waals surface area contributed by atoms with Crippen molar-refractivity contribution < 1.29 is 4.79 Å². The van der Waals surface area contributed by atoms with Crippen molar-refractivity contribution in [3.8, 4) is 0 Å². The van der Waals surface area contributed by atoms with Crippen LogP contribution >= 0.6 is 11.6 Å². The summed E-state index contributed by atoms with van der Waals surface area (Å²) < 4.78 is 3.14. The van der Waals surface area contributed by atoms with E-state index in [2.05, 4.69) is 20.7 Å². The normalized spacial score (nSPS) is 11.3. The van der Waals surface area contributed by atoms with Gasteiger partial charge < -0.3 is 0 Å². The smallest absolute Gasteiger partial charge is 0.261 e. The molecular weight excluding hydrogens is 356 g/mol. The van der Waals surface area contributed by atoms with Gasteiger partial charge in [0.25, 0.3) is 5.91 Å². The molecule has 0 fully saturated rings. The topological polar surface area (TPSA) is 93.7 Å². The van der Waals surface area contributed by atoms with Gasteiger partial charge in [0.1, 0.15) is 12.9 Å². The van der Waals surface area contributed by atoms with Gasteiger partial charge in [0.05, 0.1) is 6.21 Å². The van der Waals surface area contributed by atoms with Gasteiger partial charge in [-0.05, 0) is 31.0 Å². The molecule has 2 aromatic heterocycles. The Kier molecular flexibility index (Phi) is 5.13. The Morgan fingerprint density at radius 2 is 2.08 bits per heavy atom. The summed E-state index contributed by atoms with van der Waals surface area (Å²) in [6.07, 6.45) is 3.48. The summed E-state index contributed by atoms with van der Waals surface area (Å²) in [4.78, 5) is 24.6. The van der Waals surface area contributed by atoms with Crippen molar-refractivity contribution in [2.75, 3.05) is 0 Å². The zero-order chi connectivity index (χ0) is 18.7. The molecule has 0 aliphatic carbocycles. The van der Waals surface area contributed by atoms with Crippen molar-refractivity contribution in [2.45, 2.75) is 26.8 Å². The minimum atomic E-state index is -0.334. The van der Waals surface area contributed by atoms with Crippen LogP contribution in [0.4, 0.5) is 0 Å². The molecule has 0 saturated carbocycles. The van der Waals surface area contributed by atoms with Crippen LogP contribution in [0.15, 0.2) is 40.5 Å². The molecule has 0 unspecified atom stereocenters. The second-order valence-electron chi connectivity index (χ2n) is 5.65. The van der Waals surface area contributed by atoms with E-state index in [1.54, 1.807) is 35.9 Å². The number of carbonyl (C=O) groups excluding carboxylic acids is 1. The number of benzene rings is 1. The monoisotopic (exact) mass is 372 g/mol. The Labute approximate surface area is 154 Å². The quantitative estimate of drug-likeness (QED) is 0.543. The standard InChI is InChI=1S/C17H17ClN6O2/c1-3-14-11(2)23(24-10-20-22-17(24)16(14)26)9-15(25)21-19-8-12-4-6-13(18)7-5-12/h4-8,10H,3,9H2,1-2H3,(H,21,25). The molecule has 0 spiro atoms. The molecule has 0 bridgehead atoms. The van der Waals surface area contributed by atoms with Crippen LogP contribution in [-0.4, -0.2) is 31.5 Å². The number of amides is 1. The van der Waals surface area contributed by atoms with E-state index < -0.39 is 0 Å². The molecule has 1 aromatic carbocycles. The van der Waals surface area contributed by atoms with E-state index in [0.717, 1.165) is 5.56 Å². The van der Waals surface area contributed by atoms with Crippen LogP contribution in [0, 0.1) is 6.92 Å². The van der Waals surface area contributed by atoms with E-state index in [9.17, 15) is 9.59 Å². The third-order valence-electron chi connectivity index (χ3n) is 4.01. The van der Waals surface area contributed by atoms with E-state index >= 15 is 0 Å². The first-order valence-electron chi connectivity index (χ1n) is 8.01. The predicted octanol–water partition coefficient (Wildman–Crippen LogP) is 1.57. The van der Waals surface area contributed by atoms with Crippen LogP contribution in [0.25, 0.3) is 5.65 Å². The van der Waals surface area contributed by atoms with Gasteiger partial charge in [-0.25, -0.2) is 9.94 Å². The van der Waals surface area contributed by atoms with Gasteiger partial charge in [-0.2, -0.15) is 5.10 Å². The van der Waals surface area contributed by atoms with Crippen molar-refractivity contribution >= 4 is 29.4 Å². The lowest BCUT2D eigenvalue weighted by Gasteiger charge is -2.15. The maximum atomic E-state index is 12.4. The minimum Gasteiger partial charge on any atom is -0.285 e. The number of halogens is 1. The average molecular weight is 373 g/mol. The molecule has 26 heavy (non-hydrogen) atoms. The molecule has 0 aliphatic heterocycles. The van der Waals surface area contributed by atoms with E-state index in [4.69, 9.17) is 11.6 Å². The van der Waals surface area contributed by atoms with Crippen LogP contribution in [0.2, 0.25) is 5.02 Å². The van der Waals surface area contributed by atoms with E-state index in [1.165, 1.54) is 17.1 Å². The first kappa shape index (κ1) is 17.8. The molecule has 0 aliphatic rings. The van der Waals surface area contributed by atoms with Crippen molar-refractivity contribution in [3.05, 3.63) is 62.7 Å². The lowest BCUT2D eigenvalue weighted by molar-refractivity contribution is -0.121. The summed E-state index contributed by atoms with van der Waals surface area (Å²) in [6.45, 7) is 3.66. The number of hydrazone groups is 1. The third kappa shape index (κ3) is 3.50. The molecule has 0 saturated heterocycles. The van der Waals surface area contributed by atoms with Gasteiger partial charge in [-0.1, -0.05) is 30.7 Å². The van der Waals surface area contributed by atoms with Gasteiger partial charge in [-0.15, -0.1) is 10.2 Å². The van der Waals surface area contributed by atoms with Crippen LogP contribution in [0.5, 0.6) is 0 Å². The predicted molar refractivity (Wildman–Crippen MR) is 98.6 cm³/mol. The van der Waals surface area contributed by atoms with Crippen LogP contribution < -0.4 is 10.9 Å². The number of carbonyl (C=O) groups is 1. The van der Waals surface area contributed by atoms with Crippen LogP contribution in [0.1, 0.15) is 23.7 Å². The average Bonchev–Trinajstić information content (AvgIpc) is 3.11. The zero-order valence-corrected chi connectivity index (χ0v) is 15.1. The van der Waals surface area contributed by atoms with Crippen LogP contribution in [-0.2, 0) is 17.8 Å². The summed E-state index contributed by atoms with van der Waals surface area (Å²) in [5.74, 6) is -0.334. The van der Waals surface area contributed by atoms with Gasteiger partial charge >= 0.3 is 0 Å². The molecular formula is C17H17ClN6O2. The van der Waals surface area contributed by atoms with Crippen molar-refractivity contribution in [1.29, 1.82) is 0 Å². The summed E-state index contributed by atoms with van der Waals surface area (Å²) in [7, 11) is 0. The zero-order valence-electron chi connectivity index (χ0n) is 14.3. The van der Waals surface area contributed by atoms with Gasteiger partial charge in [0.15, 0.2) is 0 Å². The van der Waals surface area contributed by atoms with Crippen LogP contribution in [0.3, 0.4) is 0 Å². The molecule has 0 radical (unpaired) electrons. The summed E-state index contributed by atoms with van der Waals surface area (Å²) in [5, 5.41) is 12.2. The number of rotatable bonds is 5. The minimum absolute atomic E-state index is 0.0222. The molecule has 134 valence electrons. The third-order valence-corrected chi connectivity index (χ3v) is 4.26. The number of fused-ring (bicyclic) bond motifs is 1. The largest absolute Gasteiger partial charge is 0.285 e. The Morgan fingerprint density at radius 3 is 2.77 bits per heavy atom. The molecule has 1 N–H and O–H groups in total. The Bertz CT molecular complexity index is 1040. The number of nitrogens with zero attached hydrogens (tertiary/aromatic N) is 5. The van der Waals surface area contributed by atoms with Crippen molar-refractivity contribution in [1.82, 2.24) is 24.8 Å². The van der Waals surface area contributed by atoms with Crippen molar-refractivity contribution in [2.24, 2.45) is 5.10 Å². The summed E-state index contributed by atoms with van der Waals surface area (Å²) in [6, 6.07) is 7.06. The molecule has 3 rings (SSSR count). The molecule has 0 atom stereocenters. The number of aromatic nitrogens is 4. The van der Waals surface area contributed by atoms with Crippen molar-refractivity contribution in [3.63, 3.8) is 0 Å². The summed E-state index contributed by atoms with van der Waals surface area (Å²) in [5.41, 5.74) is 4.63. The Morgan fingerprint density at radius 1 is 1.35 bits per heavy atom. The summed E-state index contributed by atoms with van der Waals surface area (Å²) >= 11 is 5.82. The fourth-order valence-electron chi connectivity index (χ4n) is 2.68. The highest BCUT2D eigenvalue weighted by Crippen LogP contribution is 2.08. The highest BCUT2D eigenvalue weighted by Gasteiger charge is 2.16. The maximum Gasteiger partial charge on any atom is 0.261 e. The Balaban J connectivity index is 1.80. The molecule has 8 nitrogen and oxygen atoms in total. The van der Waals surface area contributed by atoms with E-state index in [0.29, 0.717) is 22.7 Å². The number of hydrogen-bond acceptors (Lipinski definition) is 5. The van der Waals surface area contributed by atoms with Gasteiger partial charge in [0.2, 0.25) is 11.1 Å². The lowest BCUT2D eigenvalue weighted by atomic mass is 10.1. The highest BCUT2D eigenvalue weighted by molar-refractivity contribution is 6.30. The second kappa shape index (κ2) is 7.49. The molecule has 3 aromatic rings. The number of hydrogen-bond donors (Lipinski definition) is 1. The SMILES string of the molecule is CCc1c(C)n(CC(=O)NN=Cc2ccc(Cl)cc2)n2cnnc2c1=O. The molecule has 9 heteroatoms. The highest BCUT2D eigenvalue weighted by atomic mass is 35.5. The maximum absolute atomic E-state index is 12.4. The van der Waals surface area contributed by atoms with E-state index in [1.807, 2.05) is 6.92 Å². The second-order valence-corrected chi connectivity index (χ2v) is 6.08. The fraction of sp³-hybridized carbons (Fsp3) is 0.235. The Hall–Kier alpha value is -3.00. The lowest BCUT2D eigenvalue weighted by Crippen LogP contribution is -2.30. The first-order chi connectivity index (χ1) is 12.5. The number of nitrogens with one attached hydrogen (secondary N) is 1. The van der Waals surface area contributed by atoms with Gasteiger partial charge in [0, 0.05) is 16.3 Å².